The minimum absolute atomic E-state index is 0.0412. The summed E-state index contributed by atoms with van der Waals surface area (Å²) in [6.45, 7) is 2.28. The molecule has 4 rings (SSSR count). The van der Waals surface area contributed by atoms with Crippen LogP contribution >= 0.6 is 0 Å². The smallest absolute Gasteiger partial charge is 0.266 e. The maximum atomic E-state index is 13.0. The van der Waals surface area contributed by atoms with Gasteiger partial charge in [-0.15, -0.1) is 0 Å². The van der Waals surface area contributed by atoms with Crippen LogP contribution < -0.4 is 0 Å². The first-order chi connectivity index (χ1) is 13.1. The Morgan fingerprint density at radius 1 is 1.15 bits per heavy atom. The fraction of sp³-hybridized carbons (Fsp3) is 0.400. The normalized spacial score (nSPS) is 21.7. The third kappa shape index (κ3) is 3.94. The van der Waals surface area contributed by atoms with E-state index in [4.69, 9.17) is 4.84 Å². The SMILES string of the molecule is O=C1C(N2CCC(c3ccc(O)cn3)CC2)CON1Cc1ccc(F)cc1. The Hall–Kier alpha value is -2.51. The van der Waals surface area contributed by atoms with E-state index in [0.717, 1.165) is 37.2 Å². The first-order valence-corrected chi connectivity index (χ1v) is 9.18. The summed E-state index contributed by atoms with van der Waals surface area (Å²) < 4.78 is 13.0. The molecule has 0 radical (unpaired) electrons. The number of piperidine rings is 1. The van der Waals surface area contributed by atoms with Crippen LogP contribution in [0, 0.1) is 5.82 Å². The second-order valence-corrected chi connectivity index (χ2v) is 7.06. The average molecular weight is 371 g/mol. The predicted octanol–water partition coefficient (Wildman–Crippen LogP) is 2.45. The van der Waals surface area contributed by atoms with Gasteiger partial charge in [-0.3, -0.25) is 19.5 Å². The first-order valence-electron chi connectivity index (χ1n) is 9.18. The van der Waals surface area contributed by atoms with E-state index in [1.807, 2.05) is 6.07 Å². The number of rotatable bonds is 4. The Balaban J connectivity index is 1.33. The van der Waals surface area contributed by atoms with E-state index in [1.165, 1.54) is 23.4 Å². The van der Waals surface area contributed by atoms with Gasteiger partial charge in [0, 0.05) is 11.6 Å². The van der Waals surface area contributed by atoms with Crippen LogP contribution in [0.1, 0.15) is 30.0 Å². The number of likely N-dealkylation sites (tertiary alicyclic amines) is 1. The van der Waals surface area contributed by atoms with Gasteiger partial charge >= 0.3 is 0 Å². The van der Waals surface area contributed by atoms with E-state index in [-0.39, 0.29) is 23.5 Å². The van der Waals surface area contributed by atoms with Crippen LogP contribution in [0.5, 0.6) is 5.75 Å². The molecule has 1 aromatic carbocycles. The molecule has 0 spiro atoms. The van der Waals surface area contributed by atoms with Crippen LogP contribution in [-0.2, 0) is 16.2 Å². The highest BCUT2D eigenvalue weighted by Gasteiger charge is 2.39. The number of nitrogens with zero attached hydrogens (tertiary/aromatic N) is 3. The van der Waals surface area contributed by atoms with E-state index in [2.05, 4.69) is 9.88 Å². The molecule has 2 aromatic rings. The minimum atomic E-state index is -0.295. The van der Waals surface area contributed by atoms with E-state index in [9.17, 15) is 14.3 Å². The van der Waals surface area contributed by atoms with Crippen molar-refractivity contribution in [1.29, 1.82) is 0 Å². The maximum absolute atomic E-state index is 13.0. The number of hydroxylamine groups is 2. The van der Waals surface area contributed by atoms with Crippen molar-refractivity contribution in [2.45, 2.75) is 31.3 Å². The van der Waals surface area contributed by atoms with Crippen LogP contribution in [0.25, 0.3) is 0 Å². The molecule has 2 saturated heterocycles. The van der Waals surface area contributed by atoms with Crippen molar-refractivity contribution in [1.82, 2.24) is 14.9 Å². The zero-order valence-electron chi connectivity index (χ0n) is 14.9. The molecule has 1 amide bonds. The highest BCUT2D eigenvalue weighted by molar-refractivity contribution is 5.82. The topological polar surface area (TPSA) is 65.9 Å². The molecule has 1 atom stereocenters. The van der Waals surface area contributed by atoms with Crippen molar-refractivity contribution >= 4 is 5.91 Å². The van der Waals surface area contributed by atoms with Gasteiger partial charge in [0.05, 0.1) is 19.3 Å². The number of aromatic hydroxyl groups is 1. The number of carbonyl (C=O) groups is 1. The summed E-state index contributed by atoms with van der Waals surface area (Å²) in [6, 6.07) is 9.36. The Kier molecular flexibility index (Phi) is 5.05. The van der Waals surface area contributed by atoms with Gasteiger partial charge in [-0.2, -0.15) is 0 Å². The van der Waals surface area contributed by atoms with Gasteiger partial charge in [0.15, 0.2) is 0 Å². The summed E-state index contributed by atoms with van der Waals surface area (Å²) in [5.41, 5.74) is 1.82. The van der Waals surface area contributed by atoms with Crippen LogP contribution in [0.2, 0.25) is 0 Å². The van der Waals surface area contributed by atoms with Gasteiger partial charge in [0.2, 0.25) is 0 Å². The summed E-state index contributed by atoms with van der Waals surface area (Å²) in [5, 5.41) is 10.7. The van der Waals surface area contributed by atoms with Crippen molar-refractivity contribution in [3.63, 3.8) is 0 Å². The van der Waals surface area contributed by atoms with Gasteiger partial charge in [-0.25, -0.2) is 9.45 Å². The first kappa shape index (κ1) is 17.9. The number of halogens is 1. The molecular weight excluding hydrogens is 349 g/mol. The Morgan fingerprint density at radius 3 is 2.56 bits per heavy atom. The molecule has 2 aliphatic heterocycles. The molecule has 0 bridgehead atoms. The quantitative estimate of drug-likeness (QED) is 0.894. The van der Waals surface area contributed by atoms with Crippen LogP contribution in [-0.4, -0.2) is 51.7 Å². The second kappa shape index (κ2) is 7.62. The maximum Gasteiger partial charge on any atom is 0.266 e. The number of benzene rings is 1. The van der Waals surface area contributed by atoms with E-state index in [1.54, 1.807) is 18.2 Å². The molecule has 1 N–H and O–H groups in total. The fourth-order valence-corrected chi connectivity index (χ4v) is 3.75. The molecule has 142 valence electrons. The van der Waals surface area contributed by atoms with Gasteiger partial charge in [0.25, 0.3) is 5.91 Å². The van der Waals surface area contributed by atoms with Gasteiger partial charge in [0.1, 0.15) is 17.6 Å². The molecule has 1 aromatic heterocycles. The highest BCUT2D eigenvalue weighted by atomic mass is 19.1. The van der Waals surface area contributed by atoms with Gasteiger partial charge in [-0.05, 0) is 55.8 Å². The number of hydrogen-bond donors (Lipinski definition) is 1. The van der Waals surface area contributed by atoms with E-state index in [0.29, 0.717) is 19.1 Å². The number of pyridine rings is 1. The van der Waals surface area contributed by atoms with Crippen LogP contribution in [0.4, 0.5) is 4.39 Å². The monoisotopic (exact) mass is 371 g/mol. The molecule has 2 aliphatic rings. The van der Waals surface area contributed by atoms with Crippen molar-refractivity contribution in [3.8, 4) is 5.75 Å². The summed E-state index contributed by atoms with van der Waals surface area (Å²) in [7, 11) is 0. The molecule has 1 unspecified atom stereocenters. The zero-order chi connectivity index (χ0) is 18.8. The molecule has 7 heteroatoms. The average Bonchev–Trinajstić information content (AvgIpc) is 3.05. The molecule has 6 nitrogen and oxygen atoms in total. The lowest BCUT2D eigenvalue weighted by molar-refractivity contribution is -0.164. The molecule has 2 fully saturated rings. The molecular formula is C20H22FN3O3. The Bertz CT molecular complexity index is 789. The molecule has 27 heavy (non-hydrogen) atoms. The molecule has 3 heterocycles. The van der Waals surface area contributed by atoms with Crippen molar-refractivity contribution < 1.29 is 19.1 Å². The zero-order valence-corrected chi connectivity index (χ0v) is 14.9. The number of carbonyl (C=O) groups excluding carboxylic acids is 1. The summed E-state index contributed by atoms with van der Waals surface area (Å²) in [6.07, 6.45) is 3.31. The van der Waals surface area contributed by atoms with E-state index < -0.39 is 0 Å². The minimum Gasteiger partial charge on any atom is -0.506 e. The number of amides is 1. The lowest BCUT2D eigenvalue weighted by atomic mass is 9.92. The molecule has 0 saturated carbocycles. The van der Waals surface area contributed by atoms with Crippen LogP contribution in [0.15, 0.2) is 42.6 Å². The van der Waals surface area contributed by atoms with E-state index >= 15 is 0 Å². The summed E-state index contributed by atoms with van der Waals surface area (Å²) in [5.74, 6) is 0.178. The lowest BCUT2D eigenvalue weighted by Crippen LogP contribution is -2.46. The number of aromatic nitrogens is 1. The lowest BCUT2D eigenvalue weighted by Gasteiger charge is -2.34. The Labute approximate surface area is 157 Å². The standard InChI is InChI=1S/C20H22FN3O3/c21-16-3-1-14(2-4-16)12-24-20(26)19(13-27-24)23-9-7-15(8-10-23)18-6-5-17(25)11-22-18/h1-6,11,15,19,25H,7-10,12-13H2. The third-order valence-corrected chi connectivity index (χ3v) is 5.32. The third-order valence-electron chi connectivity index (χ3n) is 5.32. The largest absolute Gasteiger partial charge is 0.506 e. The second-order valence-electron chi connectivity index (χ2n) is 7.06. The van der Waals surface area contributed by atoms with Gasteiger partial charge in [-0.1, -0.05) is 12.1 Å². The fourth-order valence-electron chi connectivity index (χ4n) is 3.75. The van der Waals surface area contributed by atoms with Crippen molar-refractivity contribution in [2.24, 2.45) is 0 Å². The predicted molar refractivity (Wildman–Crippen MR) is 96.1 cm³/mol. The van der Waals surface area contributed by atoms with Gasteiger partial charge < -0.3 is 5.11 Å². The molecule has 0 aliphatic carbocycles. The Morgan fingerprint density at radius 2 is 1.89 bits per heavy atom. The van der Waals surface area contributed by atoms with Crippen molar-refractivity contribution in [3.05, 3.63) is 59.7 Å². The number of hydrogen-bond acceptors (Lipinski definition) is 5. The van der Waals surface area contributed by atoms with Crippen molar-refractivity contribution in [2.75, 3.05) is 19.7 Å². The van der Waals surface area contributed by atoms with Crippen LogP contribution in [0.3, 0.4) is 0 Å². The highest BCUT2D eigenvalue weighted by Crippen LogP contribution is 2.29. The summed E-state index contributed by atoms with van der Waals surface area (Å²) >= 11 is 0. The summed E-state index contributed by atoms with van der Waals surface area (Å²) in [4.78, 5) is 24.8.